The third-order valence-electron chi connectivity index (χ3n) is 5.31. The van der Waals surface area contributed by atoms with Crippen LogP contribution in [0, 0.1) is 56.2 Å². The lowest BCUT2D eigenvalue weighted by Crippen LogP contribution is -2.58. The lowest BCUT2D eigenvalue weighted by Gasteiger charge is -2.48. The molecule has 1 aromatic heterocycles. The van der Waals surface area contributed by atoms with Crippen LogP contribution in [0.2, 0.25) is 0 Å². The predicted molar refractivity (Wildman–Crippen MR) is 80.8 cm³/mol. The normalized spacial score (nSPS) is 36.0. The van der Waals surface area contributed by atoms with Gasteiger partial charge in [0.2, 0.25) is 17.1 Å². The molecular formula is C17H15N5O2. The Morgan fingerprint density at radius 2 is 1.83 bits per heavy atom. The molecule has 120 valence electrons. The minimum atomic E-state index is -1.89. The van der Waals surface area contributed by atoms with Gasteiger partial charge in [-0.25, -0.2) is 0 Å². The average Bonchev–Trinajstić information content (AvgIpc) is 2.78. The van der Waals surface area contributed by atoms with E-state index in [1.54, 1.807) is 19.1 Å². The summed E-state index contributed by atoms with van der Waals surface area (Å²) in [5, 5.41) is 38.0. The van der Waals surface area contributed by atoms with Crippen LogP contribution in [0.4, 0.5) is 0 Å². The summed E-state index contributed by atoms with van der Waals surface area (Å²) < 4.78 is 11.8. The smallest absolute Gasteiger partial charge is 0.217 e. The van der Waals surface area contributed by atoms with Crippen LogP contribution in [0.5, 0.6) is 0 Å². The molecule has 2 fully saturated rings. The van der Waals surface area contributed by atoms with Gasteiger partial charge in [-0.3, -0.25) is 10.4 Å². The van der Waals surface area contributed by atoms with Gasteiger partial charge in [0.05, 0.1) is 24.1 Å². The topological polar surface area (TPSA) is 127 Å². The first-order chi connectivity index (χ1) is 11.5. The highest BCUT2D eigenvalue weighted by Gasteiger charge is 2.78. The van der Waals surface area contributed by atoms with E-state index in [2.05, 4.69) is 11.1 Å². The fraction of sp³-hybridized carbons (Fsp3) is 0.471. The third kappa shape index (κ3) is 1.51. The molecule has 1 N–H and O–H groups in total. The quantitative estimate of drug-likeness (QED) is 0.891. The van der Waals surface area contributed by atoms with Crippen LogP contribution in [0.25, 0.3) is 0 Å². The number of aromatic nitrogens is 1. The summed E-state index contributed by atoms with van der Waals surface area (Å²) in [4.78, 5) is 3.94. The van der Waals surface area contributed by atoms with E-state index in [0.717, 1.165) is 0 Å². The molecule has 24 heavy (non-hydrogen) atoms. The van der Waals surface area contributed by atoms with E-state index in [4.69, 9.17) is 14.9 Å². The van der Waals surface area contributed by atoms with Gasteiger partial charge in [0.25, 0.3) is 0 Å². The molecule has 4 atom stereocenters. The first-order valence-electron chi connectivity index (χ1n) is 7.57. The van der Waals surface area contributed by atoms with Crippen molar-refractivity contribution >= 4 is 5.90 Å². The molecule has 2 saturated heterocycles. The van der Waals surface area contributed by atoms with Crippen LogP contribution in [0.15, 0.2) is 24.5 Å². The summed E-state index contributed by atoms with van der Waals surface area (Å²) in [6, 6.07) is 9.33. The fourth-order valence-corrected chi connectivity index (χ4v) is 3.88. The number of pyridine rings is 1. The minimum absolute atomic E-state index is 0.376. The van der Waals surface area contributed by atoms with Crippen molar-refractivity contribution in [3.05, 3.63) is 30.1 Å². The molecule has 0 saturated carbocycles. The van der Waals surface area contributed by atoms with Crippen molar-refractivity contribution in [1.29, 1.82) is 21.2 Å². The summed E-state index contributed by atoms with van der Waals surface area (Å²) >= 11 is 0. The number of nitrogens with one attached hydrogen (secondary N) is 1. The van der Waals surface area contributed by atoms with Crippen LogP contribution in [-0.2, 0) is 9.47 Å². The molecule has 0 unspecified atom stereocenters. The molecule has 0 spiro atoms. The predicted octanol–water partition coefficient (Wildman–Crippen LogP) is 2.45. The monoisotopic (exact) mass is 321 g/mol. The van der Waals surface area contributed by atoms with Crippen molar-refractivity contribution < 1.29 is 9.47 Å². The van der Waals surface area contributed by atoms with Crippen molar-refractivity contribution in [2.45, 2.75) is 32.2 Å². The van der Waals surface area contributed by atoms with Crippen molar-refractivity contribution in [2.24, 2.45) is 16.7 Å². The molecule has 2 aliphatic heterocycles. The Morgan fingerprint density at radius 1 is 1.21 bits per heavy atom. The second-order valence-electron chi connectivity index (χ2n) is 6.05. The van der Waals surface area contributed by atoms with E-state index >= 15 is 0 Å². The van der Waals surface area contributed by atoms with E-state index in [1.165, 1.54) is 12.4 Å². The minimum Gasteiger partial charge on any atom is -0.447 e. The zero-order valence-corrected chi connectivity index (χ0v) is 13.3. The van der Waals surface area contributed by atoms with Gasteiger partial charge < -0.3 is 9.47 Å². The first kappa shape index (κ1) is 15.9. The SMILES string of the molecule is CC[C@]12OC(=N)[C@](C#N)([C@H]1C)C(C#N)(C#N)[C@H](c1ccncc1)O2. The zero-order chi connectivity index (χ0) is 17.6. The summed E-state index contributed by atoms with van der Waals surface area (Å²) in [7, 11) is 0. The molecule has 2 bridgehead atoms. The molecule has 0 aromatic carbocycles. The summed E-state index contributed by atoms with van der Waals surface area (Å²) in [5.41, 5.74) is -3.04. The van der Waals surface area contributed by atoms with Crippen molar-refractivity contribution in [1.82, 2.24) is 4.98 Å². The zero-order valence-electron chi connectivity index (χ0n) is 13.3. The summed E-state index contributed by atoms with van der Waals surface area (Å²) in [6.45, 7) is 3.52. The van der Waals surface area contributed by atoms with Gasteiger partial charge in [0.1, 0.15) is 6.10 Å². The second-order valence-corrected chi connectivity index (χ2v) is 6.05. The van der Waals surface area contributed by atoms with Crippen molar-refractivity contribution in [2.75, 3.05) is 0 Å². The Kier molecular flexibility index (Phi) is 3.34. The molecule has 2 aliphatic rings. The lowest BCUT2D eigenvalue weighted by atomic mass is 9.53. The molecule has 0 aliphatic carbocycles. The van der Waals surface area contributed by atoms with Gasteiger partial charge in [-0.1, -0.05) is 13.8 Å². The maximum Gasteiger partial charge on any atom is 0.217 e. The van der Waals surface area contributed by atoms with E-state index in [-0.39, 0.29) is 5.90 Å². The Labute approximate surface area is 139 Å². The molecule has 7 nitrogen and oxygen atoms in total. The van der Waals surface area contributed by atoms with E-state index < -0.39 is 28.6 Å². The Morgan fingerprint density at radius 3 is 2.33 bits per heavy atom. The maximum absolute atomic E-state index is 9.94. The number of hydrogen-bond donors (Lipinski definition) is 1. The molecule has 0 radical (unpaired) electrons. The number of nitrogens with zero attached hydrogens (tertiary/aromatic N) is 4. The number of hydrogen-bond acceptors (Lipinski definition) is 7. The number of ether oxygens (including phenoxy) is 2. The Balaban J connectivity index is 2.34. The van der Waals surface area contributed by atoms with Gasteiger partial charge in [-0.15, -0.1) is 0 Å². The van der Waals surface area contributed by atoms with Crippen molar-refractivity contribution in [3.8, 4) is 18.2 Å². The van der Waals surface area contributed by atoms with E-state index in [1.807, 2.05) is 19.1 Å². The molecule has 3 rings (SSSR count). The van der Waals surface area contributed by atoms with Crippen LogP contribution >= 0.6 is 0 Å². The molecule has 7 heteroatoms. The standard InChI is InChI=1S/C17H15N5O2/c1-3-17-11(2)16(10-20,14(21)24-17)15(8-18,9-19)13(23-17)12-4-6-22-7-5-12/h4-7,11,13,21H,3H2,1-2H3/t11-,13+,16+,17+/m1/s1. The van der Waals surface area contributed by atoms with Gasteiger partial charge >= 0.3 is 0 Å². The van der Waals surface area contributed by atoms with Crippen LogP contribution in [0.3, 0.4) is 0 Å². The first-order valence-corrected chi connectivity index (χ1v) is 7.57. The van der Waals surface area contributed by atoms with E-state index in [0.29, 0.717) is 12.0 Å². The Hall–Kier alpha value is -2.95. The summed E-state index contributed by atoms with van der Waals surface area (Å²) in [6.07, 6.45) is 2.42. The average molecular weight is 321 g/mol. The number of rotatable bonds is 2. The van der Waals surface area contributed by atoms with Gasteiger partial charge in [-0.2, -0.15) is 15.8 Å². The summed E-state index contributed by atoms with van der Waals surface area (Å²) in [5.74, 6) is -2.22. The van der Waals surface area contributed by atoms with Crippen molar-refractivity contribution in [3.63, 3.8) is 0 Å². The second kappa shape index (κ2) is 5.03. The van der Waals surface area contributed by atoms with E-state index in [9.17, 15) is 15.8 Å². The van der Waals surface area contributed by atoms with Gasteiger partial charge in [0.15, 0.2) is 5.41 Å². The van der Waals surface area contributed by atoms with Gasteiger partial charge in [-0.05, 0) is 17.7 Å². The molecule has 1 aromatic rings. The highest BCUT2D eigenvalue weighted by molar-refractivity contribution is 5.89. The van der Waals surface area contributed by atoms with Gasteiger partial charge in [0, 0.05) is 18.8 Å². The molecule has 3 heterocycles. The number of nitriles is 3. The number of fused-ring (bicyclic) bond motifs is 2. The molecule has 0 amide bonds. The third-order valence-corrected chi connectivity index (χ3v) is 5.31. The highest BCUT2D eigenvalue weighted by Crippen LogP contribution is 2.66. The van der Waals surface area contributed by atoms with Crippen LogP contribution < -0.4 is 0 Å². The Bertz CT molecular complexity index is 804. The highest BCUT2D eigenvalue weighted by atomic mass is 16.7. The van der Waals surface area contributed by atoms with Crippen LogP contribution in [-0.4, -0.2) is 16.7 Å². The maximum atomic E-state index is 9.94. The largest absolute Gasteiger partial charge is 0.447 e. The molecular weight excluding hydrogens is 306 g/mol. The van der Waals surface area contributed by atoms with Crippen LogP contribution in [0.1, 0.15) is 31.9 Å². The lowest BCUT2D eigenvalue weighted by molar-refractivity contribution is -0.280. The fourth-order valence-electron chi connectivity index (χ4n) is 3.88.